The number of hydrogen-bond donors (Lipinski definition) is 0. The Labute approximate surface area is 77.0 Å². The van der Waals surface area contributed by atoms with Crippen molar-refractivity contribution in [3.05, 3.63) is 0 Å². The minimum absolute atomic E-state index is 0. The number of amides is 1. The molecule has 5 nitrogen and oxygen atoms in total. The van der Waals surface area contributed by atoms with Crippen molar-refractivity contribution >= 4 is 24.5 Å². The topological polar surface area (TPSA) is 55.8 Å². The predicted octanol–water partition coefficient (Wildman–Crippen LogP) is 0.279. The fraction of sp³-hybridized carbons (Fsp3) is 0.667. The summed E-state index contributed by atoms with van der Waals surface area (Å²) >= 11 is 0. The summed E-state index contributed by atoms with van der Waals surface area (Å²) in [6.45, 7) is -0.0941. The first-order valence-electron chi connectivity index (χ1n) is 2.97. The lowest BCUT2D eigenvalue weighted by atomic mass is 10.6. The molecule has 0 N–H and O–H groups in total. The van der Waals surface area contributed by atoms with Gasteiger partial charge in [0.2, 0.25) is 0 Å². The molecule has 1 amide bonds. The summed E-state index contributed by atoms with van der Waals surface area (Å²) in [5.74, 6) is -0.474. The van der Waals surface area contributed by atoms with E-state index in [-0.39, 0.29) is 19.0 Å². The Morgan fingerprint density at radius 1 is 1.25 bits per heavy atom. The smallest absolute Gasteiger partial charge is 0.409 e. The summed E-state index contributed by atoms with van der Waals surface area (Å²) in [6.07, 6.45) is -0.560. The zero-order chi connectivity index (χ0) is 8.85. The van der Waals surface area contributed by atoms with E-state index in [1.165, 1.54) is 21.3 Å². The largest absolute Gasteiger partial charge is 0.468 e. The average Bonchev–Trinajstić information content (AvgIpc) is 2.02. The van der Waals surface area contributed by atoms with Crippen molar-refractivity contribution in [2.75, 3.05) is 27.8 Å². The highest BCUT2D eigenvalue weighted by Crippen LogP contribution is 1.88. The third-order valence-electron chi connectivity index (χ3n) is 1.08. The van der Waals surface area contributed by atoms with Crippen molar-refractivity contribution in [1.29, 1.82) is 0 Å². The van der Waals surface area contributed by atoms with Gasteiger partial charge in [-0.2, -0.15) is 0 Å². The molecule has 72 valence electrons. The van der Waals surface area contributed by atoms with E-state index in [4.69, 9.17) is 0 Å². The maximum atomic E-state index is 10.7. The van der Waals surface area contributed by atoms with Crippen LogP contribution in [0.3, 0.4) is 0 Å². The SMILES string of the molecule is COC(=O)CN(C)C(=O)OC.Cl. The number of esters is 1. The van der Waals surface area contributed by atoms with Crippen LogP contribution < -0.4 is 0 Å². The lowest BCUT2D eigenvalue weighted by molar-refractivity contribution is -0.141. The second kappa shape index (κ2) is 6.72. The molecule has 0 atom stereocenters. The summed E-state index contributed by atoms with van der Waals surface area (Å²) in [7, 11) is 3.95. The van der Waals surface area contributed by atoms with Gasteiger partial charge < -0.3 is 14.4 Å². The summed E-state index contributed by atoms with van der Waals surface area (Å²) in [5.41, 5.74) is 0. The summed E-state index contributed by atoms with van der Waals surface area (Å²) in [5, 5.41) is 0. The van der Waals surface area contributed by atoms with Crippen LogP contribution in [0.15, 0.2) is 0 Å². The lowest BCUT2D eigenvalue weighted by Crippen LogP contribution is -2.32. The maximum absolute atomic E-state index is 10.7. The molecule has 0 saturated heterocycles. The third-order valence-corrected chi connectivity index (χ3v) is 1.08. The van der Waals surface area contributed by atoms with Gasteiger partial charge in [0.15, 0.2) is 0 Å². The van der Waals surface area contributed by atoms with Gasteiger partial charge in [-0.1, -0.05) is 0 Å². The van der Waals surface area contributed by atoms with Crippen LogP contribution in [0.2, 0.25) is 0 Å². The third kappa shape index (κ3) is 4.79. The van der Waals surface area contributed by atoms with Crippen LogP contribution in [-0.2, 0) is 14.3 Å². The number of carbonyl (C=O) groups excluding carboxylic acids is 2. The molecule has 0 aliphatic carbocycles. The van der Waals surface area contributed by atoms with E-state index in [0.717, 1.165) is 4.90 Å². The van der Waals surface area contributed by atoms with Crippen molar-refractivity contribution in [3.8, 4) is 0 Å². The molecule has 0 fully saturated rings. The van der Waals surface area contributed by atoms with Crippen LogP contribution in [0.5, 0.6) is 0 Å². The Balaban J connectivity index is 0. The number of rotatable bonds is 2. The number of ether oxygens (including phenoxy) is 2. The number of nitrogens with zero attached hydrogens (tertiary/aromatic N) is 1. The molecule has 0 saturated carbocycles. The van der Waals surface area contributed by atoms with E-state index in [1.807, 2.05) is 0 Å². The molecule has 0 aromatic rings. The Bertz CT molecular complexity index is 162. The van der Waals surface area contributed by atoms with Gasteiger partial charge in [0, 0.05) is 7.05 Å². The molecule has 0 aromatic heterocycles. The van der Waals surface area contributed by atoms with Crippen LogP contribution in [0.25, 0.3) is 0 Å². The zero-order valence-electron chi connectivity index (χ0n) is 7.20. The van der Waals surface area contributed by atoms with Crippen molar-refractivity contribution in [2.24, 2.45) is 0 Å². The van der Waals surface area contributed by atoms with Gasteiger partial charge >= 0.3 is 12.1 Å². The quantitative estimate of drug-likeness (QED) is 0.597. The van der Waals surface area contributed by atoms with Crippen molar-refractivity contribution in [3.63, 3.8) is 0 Å². The van der Waals surface area contributed by atoms with E-state index in [2.05, 4.69) is 9.47 Å². The summed E-state index contributed by atoms with van der Waals surface area (Å²) in [6, 6.07) is 0. The van der Waals surface area contributed by atoms with Gasteiger partial charge in [-0.3, -0.25) is 4.79 Å². The molecule has 0 aliphatic heterocycles. The second-order valence-electron chi connectivity index (χ2n) is 1.90. The Hall–Kier alpha value is -0.970. The number of halogens is 1. The Morgan fingerprint density at radius 3 is 2.08 bits per heavy atom. The molecule has 12 heavy (non-hydrogen) atoms. The second-order valence-corrected chi connectivity index (χ2v) is 1.90. The molecular formula is C6H12ClNO4. The summed E-state index contributed by atoms with van der Waals surface area (Å²) < 4.78 is 8.66. The first-order chi connectivity index (χ1) is 5.11. The molecule has 0 bridgehead atoms. The van der Waals surface area contributed by atoms with Gasteiger partial charge in [0.25, 0.3) is 0 Å². The highest BCUT2D eigenvalue weighted by atomic mass is 35.5. The van der Waals surface area contributed by atoms with Crippen LogP contribution >= 0.6 is 12.4 Å². The zero-order valence-corrected chi connectivity index (χ0v) is 8.01. The van der Waals surface area contributed by atoms with Gasteiger partial charge in [0.1, 0.15) is 6.54 Å². The summed E-state index contributed by atoms with van der Waals surface area (Å²) in [4.78, 5) is 22.3. The molecular weight excluding hydrogens is 186 g/mol. The minimum atomic E-state index is -0.560. The number of likely N-dealkylation sites (N-methyl/N-ethyl adjacent to an activating group) is 1. The molecule has 6 heteroatoms. The van der Waals surface area contributed by atoms with Crippen molar-refractivity contribution in [2.45, 2.75) is 0 Å². The number of carbonyl (C=O) groups is 2. The standard InChI is InChI=1S/C6H11NO4.ClH/c1-7(6(9)11-3)4-5(8)10-2;/h4H2,1-3H3;1H. The highest BCUT2D eigenvalue weighted by molar-refractivity contribution is 5.85. The van der Waals surface area contributed by atoms with E-state index in [9.17, 15) is 9.59 Å². The Morgan fingerprint density at radius 2 is 1.75 bits per heavy atom. The molecule has 0 aromatic carbocycles. The molecule has 0 spiro atoms. The van der Waals surface area contributed by atoms with Crippen molar-refractivity contribution < 1.29 is 19.1 Å². The van der Waals surface area contributed by atoms with Gasteiger partial charge in [-0.25, -0.2) is 4.79 Å². The monoisotopic (exact) mass is 197 g/mol. The van der Waals surface area contributed by atoms with E-state index >= 15 is 0 Å². The van der Waals surface area contributed by atoms with Gasteiger partial charge in [-0.15, -0.1) is 12.4 Å². The molecule has 0 unspecified atom stereocenters. The average molecular weight is 198 g/mol. The lowest BCUT2D eigenvalue weighted by Gasteiger charge is -2.12. The molecule has 0 aliphatic rings. The maximum Gasteiger partial charge on any atom is 0.409 e. The number of methoxy groups -OCH3 is 2. The van der Waals surface area contributed by atoms with Crippen LogP contribution in [0.4, 0.5) is 4.79 Å². The molecule has 0 heterocycles. The molecule has 0 radical (unpaired) electrons. The normalized spacial score (nSPS) is 7.92. The van der Waals surface area contributed by atoms with Crippen LogP contribution in [0.1, 0.15) is 0 Å². The van der Waals surface area contributed by atoms with Crippen LogP contribution in [0, 0.1) is 0 Å². The predicted molar refractivity (Wildman–Crippen MR) is 44.3 cm³/mol. The minimum Gasteiger partial charge on any atom is -0.468 e. The first kappa shape index (κ1) is 13.6. The first-order valence-corrected chi connectivity index (χ1v) is 2.97. The fourth-order valence-corrected chi connectivity index (χ4v) is 0.479. The Kier molecular flexibility index (Phi) is 7.62. The molecule has 0 rings (SSSR count). The highest BCUT2D eigenvalue weighted by Gasteiger charge is 2.11. The van der Waals surface area contributed by atoms with Gasteiger partial charge in [-0.05, 0) is 0 Å². The van der Waals surface area contributed by atoms with E-state index in [1.54, 1.807) is 0 Å². The van der Waals surface area contributed by atoms with Crippen LogP contribution in [-0.4, -0.2) is 44.8 Å². The van der Waals surface area contributed by atoms with E-state index < -0.39 is 12.1 Å². The fourth-order valence-electron chi connectivity index (χ4n) is 0.479. The van der Waals surface area contributed by atoms with E-state index in [0.29, 0.717) is 0 Å². The number of hydrogen-bond acceptors (Lipinski definition) is 4. The van der Waals surface area contributed by atoms with Gasteiger partial charge in [0.05, 0.1) is 14.2 Å². The van der Waals surface area contributed by atoms with Crippen molar-refractivity contribution in [1.82, 2.24) is 4.90 Å².